The molecular weight excluding hydrogens is 158 g/mol. The Kier molecular flexibility index (Phi) is 4.24. The molecule has 0 aromatic heterocycles. The van der Waals surface area contributed by atoms with Crippen LogP contribution in [0.3, 0.4) is 0 Å². The van der Waals surface area contributed by atoms with Crippen molar-refractivity contribution in [3.63, 3.8) is 0 Å². The van der Waals surface area contributed by atoms with E-state index in [0.717, 1.165) is 24.4 Å². The molecule has 0 amide bonds. The molecule has 0 radical (unpaired) electrons. The summed E-state index contributed by atoms with van der Waals surface area (Å²) in [5.41, 5.74) is 0. The van der Waals surface area contributed by atoms with E-state index in [0.29, 0.717) is 0 Å². The second-order valence-corrected chi connectivity index (χ2v) is 3.75. The van der Waals surface area contributed by atoms with Gasteiger partial charge < -0.3 is 5.32 Å². The van der Waals surface area contributed by atoms with Gasteiger partial charge in [-0.15, -0.1) is 11.6 Å². The molecule has 0 spiro atoms. The van der Waals surface area contributed by atoms with Crippen LogP contribution in [0.15, 0.2) is 0 Å². The van der Waals surface area contributed by atoms with Crippen LogP contribution in [0, 0.1) is 5.92 Å². The Hall–Kier alpha value is 0.250. The number of alkyl halides is 1. The molecule has 0 bridgehead atoms. The van der Waals surface area contributed by atoms with Gasteiger partial charge in [-0.1, -0.05) is 13.3 Å². The summed E-state index contributed by atoms with van der Waals surface area (Å²) < 4.78 is 0. The van der Waals surface area contributed by atoms with Crippen LogP contribution in [0.4, 0.5) is 0 Å². The highest BCUT2D eigenvalue weighted by atomic mass is 35.5. The normalized spacial score (nSPS) is 32.2. The Morgan fingerprint density at radius 3 is 2.91 bits per heavy atom. The third kappa shape index (κ3) is 3.00. The molecule has 2 atom stereocenters. The predicted octanol–water partition coefficient (Wildman–Crippen LogP) is 2.39. The fourth-order valence-corrected chi connectivity index (χ4v) is 2.19. The molecule has 0 saturated heterocycles. The monoisotopic (exact) mass is 175 g/mol. The molecule has 66 valence electrons. The Morgan fingerprint density at radius 2 is 2.27 bits per heavy atom. The van der Waals surface area contributed by atoms with E-state index in [2.05, 4.69) is 12.2 Å². The largest absolute Gasteiger partial charge is 0.314 e. The molecular formula is C9H18ClN. The van der Waals surface area contributed by atoms with E-state index in [1.165, 1.54) is 25.7 Å². The van der Waals surface area contributed by atoms with Crippen molar-refractivity contribution in [3.8, 4) is 0 Å². The van der Waals surface area contributed by atoms with Crippen molar-refractivity contribution in [1.29, 1.82) is 0 Å². The van der Waals surface area contributed by atoms with Crippen LogP contribution in [-0.4, -0.2) is 18.5 Å². The van der Waals surface area contributed by atoms with Gasteiger partial charge in [0, 0.05) is 11.9 Å². The van der Waals surface area contributed by atoms with E-state index >= 15 is 0 Å². The minimum atomic E-state index is 0.748. The van der Waals surface area contributed by atoms with E-state index < -0.39 is 0 Å². The highest BCUT2D eigenvalue weighted by Crippen LogP contribution is 2.24. The van der Waals surface area contributed by atoms with E-state index in [1.807, 2.05) is 0 Å². The highest BCUT2D eigenvalue weighted by Gasteiger charge is 2.19. The predicted molar refractivity (Wildman–Crippen MR) is 50.1 cm³/mol. The van der Waals surface area contributed by atoms with Crippen LogP contribution < -0.4 is 5.32 Å². The molecule has 0 aliphatic heterocycles. The molecule has 1 saturated carbocycles. The van der Waals surface area contributed by atoms with Gasteiger partial charge in [0.25, 0.3) is 0 Å². The standard InChI is InChI=1S/C9H18ClN/c1-2-11-9-5-3-4-8(6-9)7-10/h8-9,11H,2-7H2,1H3. The van der Waals surface area contributed by atoms with E-state index in [1.54, 1.807) is 0 Å². The third-order valence-electron chi connectivity index (χ3n) is 2.49. The molecule has 0 aromatic carbocycles. The molecule has 1 nitrogen and oxygen atoms in total. The van der Waals surface area contributed by atoms with E-state index in [9.17, 15) is 0 Å². The maximum atomic E-state index is 5.82. The van der Waals surface area contributed by atoms with Gasteiger partial charge in [0.2, 0.25) is 0 Å². The summed E-state index contributed by atoms with van der Waals surface area (Å²) >= 11 is 5.82. The van der Waals surface area contributed by atoms with Crippen LogP contribution >= 0.6 is 11.6 Å². The van der Waals surface area contributed by atoms with Crippen molar-refractivity contribution < 1.29 is 0 Å². The summed E-state index contributed by atoms with van der Waals surface area (Å²) in [5.74, 6) is 1.62. The van der Waals surface area contributed by atoms with Gasteiger partial charge in [-0.2, -0.15) is 0 Å². The maximum absolute atomic E-state index is 5.82. The smallest absolute Gasteiger partial charge is 0.0252 e. The van der Waals surface area contributed by atoms with Crippen molar-refractivity contribution in [2.24, 2.45) is 5.92 Å². The minimum absolute atomic E-state index is 0.748. The van der Waals surface area contributed by atoms with Crippen LogP contribution in [0.1, 0.15) is 32.6 Å². The number of hydrogen-bond donors (Lipinski definition) is 1. The summed E-state index contributed by atoms with van der Waals surface area (Å²) in [4.78, 5) is 0. The lowest BCUT2D eigenvalue weighted by Crippen LogP contribution is -2.34. The van der Waals surface area contributed by atoms with Gasteiger partial charge in [-0.3, -0.25) is 0 Å². The molecule has 1 aliphatic carbocycles. The maximum Gasteiger partial charge on any atom is 0.0252 e. The quantitative estimate of drug-likeness (QED) is 0.650. The number of hydrogen-bond acceptors (Lipinski definition) is 1. The fraction of sp³-hybridized carbons (Fsp3) is 1.00. The molecule has 1 N–H and O–H groups in total. The minimum Gasteiger partial charge on any atom is -0.314 e. The first-order valence-electron chi connectivity index (χ1n) is 4.66. The molecule has 0 aromatic rings. The zero-order chi connectivity index (χ0) is 8.10. The van der Waals surface area contributed by atoms with Gasteiger partial charge in [0.1, 0.15) is 0 Å². The van der Waals surface area contributed by atoms with Crippen molar-refractivity contribution in [1.82, 2.24) is 5.32 Å². The SMILES string of the molecule is CCNC1CCCC(CCl)C1. The molecule has 2 unspecified atom stereocenters. The van der Waals surface area contributed by atoms with Crippen LogP contribution in [0.2, 0.25) is 0 Å². The number of nitrogens with one attached hydrogen (secondary N) is 1. The third-order valence-corrected chi connectivity index (χ3v) is 2.93. The second kappa shape index (κ2) is 5.00. The summed E-state index contributed by atoms with van der Waals surface area (Å²) in [6, 6.07) is 0.748. The van der Waals surface area contributed by atoms with Gasteiger partial charge >= 0.3 is 0 Å². The van der Waals surface area contributed by atoms with Gasteiger partial charge in [0.15, 0.2) is 0 Å². The zero-order valence-corrected chi connectivity index (χ0v) is 8.03. The van der Waals surface area contributed by atoms with Crippen LogP contribution in [-0.2, 0) is 0 Å². The van der Waals surface area contributed by atoms with Crippen molar-refractivity contribution in [3.05, 3.63) is 0 Å². The van der Waals surface area contributed by atoms with Crippen molar-refractivity contribution in [2.75, 3.05) is 12.4 Å². The Labute approximate surface area is 74.5 Å². The fourth-order valence-electron chi connectivity index (χ4n) is 1.91. The molecule has 11 heavy (non-hydrogen) atoms. The van der Waals surface area contributed by atoms with Gasteiger partial charge in [0.05, 0.1) is 0 Å². The lowest BCUT2D eigenvalue weighted by Gasteiger charge is -2.28. The first-order chi connectivity index (χ1) is 5.36. The zero-order valence-electron chi connectivity index (χ0n) is 7.28. The van der Waals surface area contributed by atoms with E-state index in [4.69, 9.17) is 11.6 Å². The summed E-state index contributed by atoms with van der Waals surface area (Å²) in [5, 5.41) is 3.49. The first-order valence-corrected chi connectivity index (χ1v) is 5.19. The topological polar surface area (TPSA) is 12.0 Å². The summed E-state index contributed by atoms with van der Waals surface area (Å²) in [6.45, 7) is 3.27. The van der Waals surface area contributed by atoms with Gasteiger partial charge in [-0.25, -0.2) is 0 Å². The second-order valence-electron chi connectivity index (χ2n) is 3.44. The van der Waals surface area contributed by atoms with Gasteiger partial charge in [-0.05, 0) is 31.7 Å². The average Bonchev–Trinajstić information content (AvgIpc) is 2.06. The summed E-state index contributed by atoms with van der Waals surface area (Å²) in [7, 11) is 0. The molecule has 2 heteroatoms. The molecule has 1 fully saturated rings. The van der Waals surface area contributed by atoms with Crippen LogP contribution in [0.25, 0.3) is 0 Å². The average molecular weight is 176 g/mol. The molecule has 0 heterocycles. The van der Waals surface area contributed by atoms with Crippen molar-refractivity contribution >= 4 is 11.6 Å². The van der Waals surface area contributed by atoms with Crippen LogP contribution in [0.5, 0.6) is 0 Å². The summed E-state index contributed by atoms with van der Waals surface area (Å²) in [6.07, 6.45) is 5.33. The number of rotatable bonds is 3. The Morgan fingerprint density at radius 1 is 1.45 bits per heavy atom. The molecule has 1 rings (SSSR count). The Balaban J connectivity index is 2.21. The lowest BCUT2D eigenvalue weighted by atomic mass is 9.87. The van der Waals surface area contributed by atoms with E-state index in [-0.39, 0.29) is 0 Å². The van der Waals surface area contributed by atoms with Crippen molar-refractivity contribution in [2.45, 2.75) is 38.6 Å². The lowest BCUT2D eigenvalue weighted by molar-refractivity contribution is 0.308. The number of halogens is 1. The Bertz CT molecular complexity index is 104. The first kappa shape index (κ1) is 9.34. The highest BCUT2D eigenvalue weighted by molar-refractivity contribution is 6.18. The molecule has 1 aliphatic rings.